The molecular formula is C15H21N3O2S. The molecule has 0 aliphatic carbocycles. The van der Waals surface area contributed by atoms with Crippen LogP contribution in [0.3, 0.4) is 0 Å². The first-order valence-corrected chi connectivity index (χ1v) is 7.39. The molecule has 0 bridgehead atoms. The van der Waals surface area contributed by atoms with Crippen LogP contribution in [-0.4, -0.2) is 60.5 Å². The zero-order valence-electron chi connectivity index (χ0n) is 12.7. The summed E-state index contributed by atoms with van der Waals surface area (Å²) in [5.41, 5.74) is 1.67. The number of hydrogen-bond acceptors (Lipinski definition) is 5. The highest BCUT2D eigenvalue weighted by Gasteiger charge is 2.17. The fraction of sp³-hybridized carbons (Fsp3) is 0.533. The second kappa shape index (κ2) is 7.47. The molecule has 1 saturated heterocycles. The van der Waals surface area contributed by atoms with Crippen LogP contribution in [0.2, 0.25) is 0 Å². The van der Waals surface area contributed by atoms with Crippen molar-refractivity contribution in [2.24, 2.45) is 4.99 Å². The number of hydrogen-bond donors (Lipinski definition) is 0. The van der Waals surface area contributed by atoms with Crippen molar-refractivity contribution >= 4 is 22.9 Å². The van der Waals surface area contributed by atoms with E-state index in [0.29, 0.717) is 13.2 Å². The van der Waals surface area contributed by atoms with E-state index in [9.17, 15) is 0 Å². The molecule has 6 heteroatoms. The minimum Gasteiger partial charge on any atom is -0.488 e. The fourth-order valence-electron chi connectivity index (χ4n) is 1.89. The van der Waals surface area contributed by atoms with Crippen molar-refractivity contribution in [3.8, 4) is 5.75 Å². The Morgan fingerprint density at radius 1 is 1.57 bits per heavy atom. The quantitative estimate of drug-likeness (QED) is 0.614. The van der Waals surface area contributed by atoms with Gasteiger partial charge in [-0.25, -0.2) is 0 Å². The normalized spacial score (nSPS) is 18.6. The van der Waals surface area contributed by atoms with Crippen LogP contribution < -0.4 is 4.74 Å². The Morgan fingerprint density at radius 2 is 2.38 bits per heavy atom. The largest absolute Gasteiger partial charge is 0.488 e. The lowest BCUT2D eigenvalue weighted by Gasteiger charge is -2.13. The molecule has 0 unspecified atom stereocenters. The van der Waals surface area contributed by atoms with E-state index in [0.717, 1.165) is 35.2 Å². The maximum absolute atomic E-state index is 5.88. The molecule has 2 rings (SSSR count). The van der Waals surface area contributed by atoms with Crippen molar-refractivity contribution in [2.45, 2.75) is 19.4 Å². The summed E-state index contributed by atoms with van der Waals surface area (Å²) in [6.45, 7) is 3.85. The molecule has 1 aliphatic heterocycles. The number of pyridine rings is 1. The van der Waals surface area contributed by atoms with Crippen LogP contribution in [0.25, 0.3) is 0 Å². The summed E-state index contributed by atoms with van der Waals surface area (Å²) in [6.07, 6.45) is 2.81. The lowest BCUT2D eigenvalue weighted by molar-refractivity contribution is 0.141. The van der Waals surface area contributed by atoms with Crippen LogP contribution in [-0.2, 0) is 4.74 Å². The predicted molar refractivity (Wildman–Crippen MR) is 87.5 cm³/mol. The minimum atomic E-state index is 0.138. The van der Waals surface area contributed by atoms with Gasteiger partial charge in [-0.2, -0.15) is 0 Å². The molecule has 2 heterocycles. The van der Waals surface area contributed by atoms with Crippen LogP contribution >= 0.6 is 12.2 Å². The Kier molecular flexibility index (Phi) is 5.64. The van der Waals surface area contributed by atoms with Gasteiger partial charge in [0.05, 0.1) is 36.2 Å². The highest BCUT2D eigenvalue weighted by atomic mass is 32.1. The van der Waals surface area contributed by atoms with E-state index in [1.165, 1.54) is 0 Å². The average Bonchev–Trinajstić information content (AvgIpc) is 2.97. The van der Waals surface area contributed by atoms with Crippen molar-refractivity contribution in [1.82, 2.24) is 9.88 Å². The standard InChI is InChI=1S/C15H21N3O2S/c1-11(17-9-15(21)18(2)3)14-8-12(4-6-16-14)20-13-5-7-19-10-13/h4,6,8,13H,5,7,9-10H2,1-3H3/t13-/m0/s1. The maximum Gasteiger partial charge on any atom is 0.124 e. The summed E-state index contributed by atoms with van der Waals surface area (Å²) in [4.78, 5) is 11.5. The van der Waals surface area contributed by atoms with Crippen molar-refractivity contribution in [2.75, 3.05) is 33.9 Å². The number of aromatic nitrogens is 1. The zero-order chi connectivity index (χ0) is 15.2. The van der Waals surface area contributed by atoms with E-state index < -0.39 is 0 Å². The summed E-state index contributed by atoms with van der Waals surface area (Å²) in [7, 11) is 3.84. The molecule has 0 spiro atoms. The topological polar surface area (TPSA) is 47.0 Å². The van der Waals surface area contributed by atoms with E-state index in [-0.39, 0.29) is 6.10 Å². The number of nitrogens with zero attached hydrogens (tertiary/aromatic N) is 3. The van der Waals surface area contributed by atoms with E-state index in [1.54, 1.807) is 6.20 Å². The molecule has 5 nitrogen and oxygen atoms in total. The van der Waals surface area contributed by atoms with Gasteiger partial charge in [0.1, 0.15) is 11.9 Å². The molecule has 1 aromatic heterocycles. The summed E-state index contributed by atoms with van der Waals surface area (Å²) in [5, 5.41) is 0. The number of ether oxygens (including phenoxy) is 2. The van der Waals surface area contributed by atoms with E-state index >= 15 is 0 Å². The van der Waals surface area contributed by atoms with Crippen molar-refractivity contribution in [3.63, 3.8) is 0 Å². The van der Waals surface area contributed by atoms with E-state index in [2.05, 4.69) is 9.98 Å². The van der Waals surface area contributed by atoms with Crippen LogP contribution in [0.15, 0.2) is 23.3 Å². The number of likely N-dealkylation sites (N-methyl/N-ethyl adjacent to an activating group) is 1. The van der Waals surface area contributed by atoms with Gasteiger partial charge in [0.25, 0.3) is 0 Å². The van der Waals surface area contributed by atoms with Gasteiger partial charge in [-0.15, -0.1) is 0 Å². The third kappa shape index (κ3) is 4.75. The second-order valence-electron chi connectivity index (χ2n) is 5.17. The third-order valence-corrected chi connectivity index (χ3v) is 3.74. The van der Waals surface area contributed by atoms with Gasteiger partial charge in [0.2, 0.25) is 0 Å². The number of rotatable bonds is 5. The molecule has 21 heavy (non-hydrogen) atoms. The summed E-state index contributed by atoms with van der Waals surface area (Å²) in [6, 6.07) is 3.77. The molecule has 0 saturated carbocycles. The lowest BCUT2D eigenvalue weighted by atomic mass is 10.2. The predicted octanol–water partition coefficient (Wildman–Crippen LogP) is 1.95. The number of thiocarbonyl (C=S) groups is 1. The molecule has 0 amide bonds. The fourth-order valence-corrected chi connectivity index (χ4v) is 1.95. The highest BCUT2D eigenvalue weighted by Crippen LogP contribution is 2.17. The molecule has 1 aliphatic rings. The van der Waals surface area contributed by atoms with Gasteiger partial charge in [-0.05, 0) is 13.0 Å². The monoisotopic (exact) mass is 307 g/mol. The Morgan fingerprint density at radius 3 is 3.05 bits per heavy atom. The van der Waals surface area contributed by atoms with Gasteiger partial charge >= 0.3 is 0 Å². The summed E-state index contributed by atoms with van der Waals surface area (Å²) in [5.74, 6) is 0.806. The molecule has 1 atom stereocenters. The Bertz CT molecular complexity index is 525. The van der Waals surface area contributed by atoms with Crippen molar-refractivity contribution in [3.05, 3.63) is 24.0 Å². The molecular weight excluding hydrogens is 286 g/mol. The first kappa shape index (κ1) is 15.9. The SMILES string of the molecule is CC(=NCC(=S)N(C)C)c1cc(O[C@H]2CCOC2)ccn1. The van der Waals surface area contributed by atoms with Crippen LogP contribution in [0.1, 0.15) is 19.0 Å². The average molecular weight is 307 g/mol. The lowest BCUT2D eigenvalue weighted by Crippen LogP contribution is -2.22. The highest BCUT2D eigenvalue weighted by molar-refractivity contribution is 7.80. The van der Waals surface area contributed by atoms with Gasteiger partial charge in [0.15, 0.2) is 0 Å². The van der Waals surface area contributed by atoms with Crippen LogP contribution in [0, 0.1) is 0 Å². The first-order chi connectivity index (χ1) is 10.1. The molecule has 1 fully saturated rings. The molecule has 0 radical (unpaired) electrons. The van der Waals surface area contributed by atoms with Gasteiger partial charge < -0.3 is 14.4 Å². The van der Waals surface area contributed by atoms with Crippen LogP contribution in [0.5, 0.6) is 5.75 Å². The summed E-state index contributed by atoms with van der Waals surface area (Å²) >= 11 is 5.23. The van der Waals surface area contributed by atoms with Crippen molar-refractivity contribution in [1.29, 1.82) is 0 Å². The molecule has 1 aromatic rings. The van der Waals surface area contributed by atoms with Gasteiger partial charge in [-0.3, -0.25) is 9.98 Å². The van der Waals surface area contributed by atoms with Crippen LogP contribution in [0.4, 0.5) is 0 Å². The minimum absolute atomic E-state index is 0.138. The Hall–Kier alpha value is -1.53. The van der Waals surface area contributed by atoms with Gasteiger partial charge in [0, 0.05) is 32.8 Å². The molecule has 0 N–H and O–H groups in total. The Balaban J connectivity index is 2.01. The third-order valence-electron chi connectivity index (χ3n) is 3.24. The maximum atomic E-state index is 5.88. The van der Waals surface area contributed by atoms with E-state index in [4.69, 9.17) is 21.7 Å². The second-order valence-corrected chi connectivity index (χ2v) is 5.64. The molecule has 114 valence electrons. The smallest absolute Gasteiger partial charge is 0.124 e. The van der Waals surface area contributed by atoms with Crippen molar-refractivity contribution < 1.29 is 9.47 Å². The Labute approximate surface area is 131 Å². The number of aliphatic imine (C=N–C) groups is 1. The molecule has 0 aromatic carbocycles. The van der Waals surface area contributed by atoms with E-state index in [1.807, 2.05) is 38.1 Å². The zero-order valence-corrected chi connectivity index (χ0v) is 13.5. The van der Waals surface area contributed by atoms with Gasteiger partial charge in [-0.1, -0.05) is 12.2 Å². The summed E-state index contributed by atoms with van der Waals surface area (Å²) < 4.78 is 11.2. The first-order valence-electron chi connectivity index (χ1n) is 6.98.